The highest BCUT2D eigenvalue weighted by molar-refractivity contribution is 7.98. The molecule has 0 unspecified atom stereocenters. The number of aliphatic imine (C=N–C) groups is 1. The zero-order valence-electron chi connectivity index (χ0n) is 16.7. The Hall–Kier alpha value is -2.27. The number of hydrogen-bond acceptors (Lipinski definition) is 4. The third kappa shape index (κ3) is 7.87. The number of aryl methyl sites for hydroxylation is 1. The van der Waals surface area contributed by atoms with Gasteiger partial charge in [0.1, 0.15) is 12.1 Å². The highest BCUT2D eigenvalue weighted by Gasteiger charge is 2.16. The van der Waals surface area contributed by atoms with E-state index in [9.17, 15) is 4.79 Å². The van der Waals surface area contributed by atoms with Crippen LogP contribution in [0.2, 0.25) is 0 Å². The molecular formula is C22H28N2O2S. The van der Waals surface area contributed by atoms with Gasteiger partial charge in [0.25, 0.3) is 0 Å². The maximum Gasteiger partial charge on any atom is 0.326 e. The summed E-state index contributed by atoms with van der Waals surface area (Å²) in [4.78, 5) is 19.3. The van der Waals surface area contributed by atoms with Crippen LogP contribution in [0.3, 0.4) is 0 Å². The van der Waals surface area contributed by atoms with Gasteiger partial charge in [-0.15, -0.1) is 11.8 Å². The van der Waals surface area contributed by atoms with Gasteiger partial charge in [0, 0.05) is 17.7 Å². The molecule has 0 aliphatic carbocycles. The number of thioether (sulfide) groups is 1. The van der Waals surface area contributed by atoms with Crippen LogP contribution in [-0.2, 0) is 15.3 Å². The lowest BCUT2D eigenvalue weighted by Gasteiger charge is -2.21. The SMILES string of the molecule is Cc1ccc(SCc2ccccc2)cc1/N=C\N(C)CC(=O)OC(C)(C)C. The minimum atomic E-state index is -0.476. The van der Waals surface area contributed by atoms with E-state index >= 15 is 0 Å². The molecular weight excluding hydrogens is 356 g/mol. The van der Waals surface area contributed by atoms with Crippen molar-refractivity contribution in [3.63, 3.8) is 0 Å². The predicted octanol–water partition coefficient (Wildman–Crippen LogP) is 5.22. The summed E-state index contributed by atoms with van der Waals surface area (Å²) in [6, 6.07) is 16.7. The summed E-state index contributed by atoms with van der Waals surface area (Å²) >= 11 is 1.79. The maximum atomic E-state index is 11.9. The molecule has 0 amide bonds. The Bertz CT molecular complexity index is 783. The number of carbonyl (C=O) groups excluding carboxylic acids is 1. The fourth-order valence-electron chi connectivity index (χ4n) is 2.34. The van der Waals surface area contributed by atoms with Crippen molar-refractivity contribution in [3.05, 3.63) is 59.7 Å². The van der Waals surface area contributed by atoms with Gasteiger partial charge in [-0.1, -0.05) is 36.4 Å². The van der Waals surface area contributed by atoms with Crippen LogP contribution in [0.15, 0.2) is 58.4 Å². The molecule has 0 radical (unpaired) electrons. The highest BCUT2D eigenvalue weighted by Crippen LogP contribution is 2.28. The van der Waals surface area contributed by atoms with E-state index in [0.717, 1.165) is 17.0 Å². The molecule has 5 heteroatoms. The molecule has 0 bridgehead atoms. The second-order valence-electron chi connectivity index (χ2n) is 7.47. The first-order valence-corrected chi connectivity index (χ1v) is 9.95. The van der Waals surface area contributed by atoms with Crippen molar-refractivity contribution in [1.82, 2.24) is 4.90 Å². The maximum absolute atomic E-state index is 11.9. The number of rotatable bonds is 7. The second-order valence-corrected chi connectivity index (χ2v) is 8.52. The fraction of sp³-hybridized carbons (Fsp3) is 0.364. The van der Waals surface area contributed by atoms with Gasteiger partial charge in [0.05, 0.1) is 12.0 Å². The van der Waals surface area contributed by atoms with Gasteiger partial charge in [-0.3, -0.25) is 4.79 Å². The summed E-state index contributed by atoms with van der Waals surface area (Å²) in [7, 11) is 1.82. The summed E-state index contributed by atoms with van der Waals surface area (Å²) in [6.07, 6.45) is 1.68. The largest absolute Gasteiger partial charge is 0.459 e. The number of benzene rings is 2. The van der Waals surface area contributed by atoms with E-state index in [1.165, 1.54) is 10.5 Å². The molecule has 0 heterocycles. The van der Waals surface area contributed by atoms with Crippen LogP contribution < -0.4 is 0 Å². The third-order valence-electron chi connectivity index (χ3n) is 3.62. The molecule has 0 aliphatic heterocycles. The van der Waals surface area contributed by atoms with Gasteiger partial charge >= 0.3 is 5.97 Å². The molecule has 0 aliphatic rings. The summed E-state index contributed by atoms with van der Waals surface area (Å²) < 4.78 is 5.33. The molecule has 0 fully saturated rings. The Kier molecular flexibility index (Phi) is 7.48. The first-order chi connectivity index (χ1) is 12.7. The fourth-order valence-corrected chi connectivity index (χ4v) is 3.22. The van der Waals surface area contributed by atoms with E-state index in [1.807, 2.05) is 40.8 Å². The molecule has 2 rings (SSSR count). The Labute approximate surface area is 166 Å². The first-order valence-electron chi connectivity index (χ1n) is 8.96. The monoisotopic (exact) mass is 384 g/mol. The normalized spacial score (nSPS) is 11.6. The Morgan fingerprint density at radius 1 is 1.19 bits per heavy atom. The summed E-state index contributed by atoms with van der Waals surface area (Å²) in [6.45, 7) is 7.79. The quantitative estimate of drug-likeness (QED) is 0.284. The molecule has 0 aromatic heterocycles. The summed E-state index contributed by atoms with van der Waals surface area (Å²) in [5.74, 6) is 0.659. The van der Waals surface area contributed by atoms with Crippen LogP contribution >= 0.6 is 11.8 Å². The zero-order valence-corrected chi connectivity index (χ0v) is 17.5. The van der Waals surface area contributed by atoms with Gasteiger partial charge in [-0.05, 0) is 51.0 Å². The average molecular weight is 385 g/mol. The van der Waals surface area contributed by atoms with Crippen molar-refractivity contribution in [2.75, 3.05) is 13.6 Å². The molecule has 2 aromatic carbocycles. The molecule has 0 N–H and O–H groups in total. The van der Waals surface area contributed by atoms with Crippen molar-refractivity contribution in [2.45, 2.75) is 43.9 Å². The van der Waals surface area contributed by atoms with Gasteiger partial charge in [0.2, 0.25) is 0 Å². The molecule has 0 spiro atoms. The van der Waals surface area contributed by atoms with Crippen molar-refractivity contribution in [2.24, 2.45) is 4.99 Å². The Morgan fingerprint density at radius 3 is 2.56 bits per heavy atom. The molecule has 27 heavy (non-hydrogen) atoms. The molecule has 0 atom stereocenters. The molecule has 144 valence electrons. The van der Waals surface area contributed by atoms with E-state index in [1.54, 1.807) is 23.0 Å². The number of likely N-dealkylation sites (N-methyl/N-ethyl adjacent to an activating group) is 1. The van der Waals surface area contributed by atoms with Crippen molar-refractivity contribution >= 4 is 29.8 Å². The van der Waals surface area contributed by atoms with Crippen LogP contribution in [0, 0.1) is 6.92 Å². The number of ether oxygens (including phenoxy) is 1. The van der Waals surface area contributed by atoms with Crippen LogP contribution in [0.1, 0.15) is 31.9 Å². The summed E-state index contributed by atoms with van der Waals surface area (Å²) in [5.41, 5.74) is 2.82. The average Bonchev–Trinajstić information content (AvgIpc) is 2.59. The third-order valence-corrected chi connectivity index (χ3v) is 4.69. The number of esters is 1. The second kappa shape index (κ2) is 9.60. The lowest BCUT2D eigenvalue weighted by molar-refractivity contribution is -0.154. The predicted molar refractivity (Wildman–Crippen MR) is 114 cm³/mol. The first kappa shape index (κ1) is 21.0. The number of carbonyl (C=O) groups is 1. The number of hydrogen-bond donors (Lipinski definition) is 0. The summed E-state index contributed by atoms with van der Waals surface area (Å²) in [5, 5.41) is 0. The Morgan fingerprint density at radius 2 is 1.89 bits per heavy atom. The minimum absolute atomic E-state index is 0.169. The van der Waals surface area contributed by atoms with Gasteiger partial charge in [0.15, 0.2) is 0 Å². The molecule has 2 aromatic rings. The topological polar surface area (TPSA) is 41.9 Å². The van der Waals surface area contributed by atoms with Gasteiger partial charge in [-0.2, -0.15) is 0 Å². The van der Waals surface area contributed by atoms with Crippen molar-refractivity contribution in [1.29, 1.82) is 0 Å². The van der Waals surface area contributed by atoms with E-state index in [2.05, 4.69) is 47.5 Å². The zero-order chi connectivity index (χ0) is 19.9. The lowest BCUT2D eigenvalue weighted by atomic mass is 10.2. The molecule has 0 saturated heterocycles. The lowest BCUT2D eigenvalue weighted by Crippen LogP contribution is -2.32. The van der Waals surface area contributed by atoms with Gasteiger partial charge < -0.3 is 9.64 Å². The van der Waals surface area contributed by atoms with Crippen LogP contribution in [0.4, 0.5) is 5.69 Å². The Balaban J connectivity index is 1.96. The molecule has 0 saturated carbocycles. The standard InChI is InChI=1S/C22H28N2O2S/c1-17-11-12-19(27-15-18-9-7-6-8-10-18)13-20(17)23-16-24(5)14-21(25)26-22(2,3)4/h6-13,16H,14-15H2,1-5H3/b23-16-. The van der Waals surface area contributed by atoms with E-state index < -0.39 is 5.60 Å². The van der Waals surface area contributed by atoms with Gasteiger partial charge in [-0.25, -0.2) is 4.99 Å². The van der Waals surface area contributed by atoms with Crippen molar-refractivity contribution < 1.29 is 9.53 Å². The van der Waals surface area contributed by atoms with E-state index in [-0.39, 0.29) is 12.5 Å². The van der Waals surface area contributed by atoms with Crippen LogP contribution in [0.25, 0.3) is 0 Å². The molecule has 4 nitrogen and oxygen atoms in total. The smallest absolute Gasteiger partial charge is 0.326 e. The van der Waals surface area contributed by atoms with E-state index in [0.29, 0.717) is 0 Å². The van der Waals surface area contributed by atoms with E-state index in [4.69, 9.17) is 4.74 Å². The minimum Gasteiger partial charge on any atom is -0.459 e. The highest BCUT2D eigenvalue weighted by atomic mass is 32.2. The van der Waals surface area contributed by atoms with Crippen LogP contribution in [-0.4, -0.2) is 36.4 Å². The van der Waals surface area contributed by atoms with Crippen molar-refractivity contribution in [3.8, 4) is 0 Å². The van der Waals surface area contributed by atoms with Crippen LogP contribution in [0.5, 0.6) is 0 Å². The number of nitrogens with zero attached hydrogens (tertiary/aromatic N) is 2.